The Kier molecular flexibility index (Phi) is 9.00. The third-order valence-corrected chi connectivity index (χ3v) is 4.09. The van der Waals surface area contributed by atoms with Crippen molar-refractivity contribution in [2.75, 3.05) is 6.61 Å². The quantitative estimate of drug-likeness (QED) is 0.396. The van der Waals surface area contributed by atoms with E-state index in [-0.39, 0.29) is 12.5 Å². The summed E-state index contributed by atoms with van der Waals surface area (Å²) in [6.45, 7) is 9.93. The van der Waals surface area contributed by atoms with Gasteiger partial charge in [0.15, 0.2) is 6.61 Å². The zero-order valence-corrected chi connectivity index (χ0v) is 16.4. The van der Waals surface area contributed by atoms with Crippen LogP contribution in [0.4, 0.5) is 0 Å². The van der Waals surface area contributed by atoms with Crippen molar-refractivity contribution in [3.63, 3.8) is 0 Å². The molecule has 0 unspecified atom stereocenters. The second-order valence-electron chi connectivity index (χ2n) is 6.31. The van der Waals surface area contributed by atoms with Gasteiger partial charge in [-0.05, 0) is 76.8 Å². The number of rotatable bonds is 8. The van der Waals surface area contributed by atoms with Gasteiger partial charge < -0.3 is 4.74 Å². The van der Waals surface area contributed by atoms with Gasteiger partial charge in [0, 0.05) is 11.2 Å². The lowest BCUT2D eigenvalue weighted by molar-refractivity contribution is -0.123. The zero-order chi connectivity index (χ0) is 18.8. The largest absolute Gasteiger partial charge is 0.484 e. The molecule has 0 fully saturated rings. The van der Waals surface area contributed by atoms with Crippen molar-refractivity contribution in [2.45, 2.75) is 47.5 Å². The summed E-state index contributed by atoms with van der Waals surface area (Å²) in [6, 6.07) is 3.62. The smallest absolute Gasteiger partial charge is 0.277 e. The molecule has 0 radical (unpaired) electrons. The first-order valence-corrected chi connectivity index (χ1v) is 8.68. The number of hydrazone groups is 1. The number of nitrogens with zero attached hydrogens (tertiary/aromatic N) is 1. The Labute approximate surface area is 155 Å². The zero-order valence-electron chi connectivity index (χ0n) is 15.6. The van der Waals surface area contributed by atoms with Crippen LogP contribution in [0.25, 0.3) is 0 Å². The van der Waals surface area contributed by atoms with Crippen LogP contribution in [0.2, 0.25) is 5.02 Å². The third-order valence-electron chi connectivity index (χ3n) is 3.49. The van der Waals surface area contributed by atoms with E-state index in [1.54, 1.807) is 6.21 Å². The molecule has 0 aliphatic carbocycles. The number of hydrogen-bond donors (Lipinski definition) is 1. The van der Waals surface area contributed by atoms with Gasteiger partial charge in [-0.2, -0.15) is 5.10 Å². The summed E-state index contributed by atoms with van der Waals surface area (Å²) < 4.78 is 5.47. The van der Waals surface area contributed by atoms with E-state index in [0.717, 1.165) is 24.0 Å². The normalized spacial score (nSPS) is 11.5. The lowest BCUT2D eigenvalue weighted by Gasteiger charge is -2.09. The summed E-state index contributed by atoms with van der Waals surface area (Å²) in [5, 5.41) is 4.61. The molecule has 136 valence electrons. The lowest BCUT2D eigenvalue weighted by Crippen LogP contribution is -2.24. The summed E-state index contributed by atoms with van der Waals surface area (Å²) in [5.41, 5.74) is 6.81. The first-order valence-electron chi connectivity index (χ1n) is 8.30. The number of ether oxygens (including phenoxy) is 1. The third kappa shape index (κ3) is 8.54. The van der Waals surface area contributed by atoms with Crippen molar-refractivity contribution in [1.29, 1.82) is 0 Å². The van der Waals surface area contributed by atoms with Crippen LogP contribution in [0.3, 0.4) is 0 Å². The highest BCUT2D eigenvalue weighted by molar-refractivity contribution is 6.32. The number of carbonyl (C=O) groups is 1. The van der Waals surface area contributed by atoms with Gasteiger partial charge in [0.25, 0.3) is 5.91 Å². The maximum atomic E-state index is 11.7. The maximum absolute atomic E-state index is 11.7. The van der Waals surface area contributed by atoms with Crippen molar-refractivity contribution >= 4 is 23.7 Å². The standard InChI is InChI=1S/C20H27ClN2O2/c1-14(2)7-6-8-15(3)9-10-22-23-19(24)13-25-18-11-16(4)20(21)17(5)12-18/h7,9-12H,6,8,13H2,1-5H3,(H,23,24)/b15-9+,22-10+. The highest BCUT2D eigenvalue weighted by atomic mass is 35.5. The maximum Gasteiger partial charge on any atom is 0.277 e. The van der Waals surface area contributed by atoms with Crippen molar-refractivity contribution < 1.29 is 9.53 Å². The molecule has 25 heavy (non-hydrogen) atoms. The molecule has 1 N–H and O–H groups in total. The highest BCUT2D eigenvalue weighted by Gasteiger charge is 2.05. The van der Waals surface area contributed by atoms with Gasteiger partial charge in [-0.3, -0.25) is 4.79 Å². The predicted octanol–water partition coefficient (Wildman–Crippen LogP) is 5.13. The first-order chi connectivity index (χ1) is 11.8. The van der Waals surface area contributed by atoms with Gasteiger partial charge in [-0.1, -0.05) is 28.8 Å². The molecular formula is C20H27ClN2O2. The van der Waals surface area contributed by atoms with Gasteiger partial charge >= 0.3 is 0 Å². The molecule has 0 spiro atoms. The molecule has 0 saturated heterocycles. The van der Waals surface area contributed by atoms with Gasteiger partial charge in [-0.25, -0.2) is 5.43 Å². The van der Waals surface area contributed by atoms with E-state index in [1.165, 1.54) is 11.1 Å². The van der Waals surface area contributed by atoms with E-state index >= 15 is 0 Å². The summed E-state index contributed by atoms with van der Waals surface area (Å²) in [5.74, 6) is 0.311. The monoisotopic (exact) mass is 362 g/mol. The van der Waals surface area contributed by atoms with E-state index in [4.69, 9.17) is 16.3 Å². The molecule has 0 heterocycles. The fourth-order valence-corrected chi connectivity index (χ4v) is 2.23. The lowest BCUT2D eigenvalue weighted by atomic mass is 10.1. The van der Waals surface area contributed by atoms with E-state index < -0.39 is 0 Å². The first kappa shape index (κ1) is 21.0. The summed E-state index contributed by atoms with van der Waals surface area (Å²) in [4.78, 5) is 11.7. The molecule has 0 aliphatic heterocycles. The summed E-state index contributed by atoms with van der Waals surface area (Å²) in [6.07, 6.45) is 7.67. The minimum absolute atomic E-state index is 0.0961. The minimum Gasteiger partial charge on any atom is -0.484 e. The van der Waals surface area contributed by atoms with E-state index in [0.29, 0.717) is 10.8 Å². The molecule has 0 bridgehead atoms. The molecule has 0 saturated carbocycles. The predicted molar refractivity (Wildman–Crippen MR) is 105 cm³/mol. The summed E-state index contributed by atoms with van der Waals surface area (Å²) in [7, 11) is 0. The Morgan fingerprint density at radius 3 is 2.48 bits per heavy atom. The second kappa shape index (κ2) is 10.7. The Morgan fingerprint density at radius 2 is 1.88 bits per heavy atom. The molecule has 0 aliphatic rings. The molecule has 4 nitrogen and oxygen atoms in total. The van der Waals surface area contributed by atoms with Gasteiger partial charge in [0.2, 0.25) is 0 Å². The van der Waals surface area contributed by atoms with Crippen LogP contribution >= 0.6 is 11.6 Å². The van der Waals surface area contributed by atoms with Crippen molar-refractivity contribution in [1.82, 2.24) is 5.43 Å². The number of halogens is 1. The van der Waals surface area contributed by atoms with Crippen LogP contribution in [0.5, 0.6) is 5.75 Å². The van der Waals surface area contributed by atoms with Crippen LogP contribution in [-0.4, -0.2) is 18.7 Å². The summed E-state index contributed by atoms with van der Waals surface area (Å²) >= 11 is 6.11. The Bertz CT molecular complexity index is 664. The minimum atomic E-state index is -0.308. The average molecular weight is 363 g/mol. The molecule has 1 rings (SSSR count). The number of benzene rings is 1. The van der Waals surface area contributed by atoms with Crippen LogP contribution in [-0.2, 0) is 4.79 Å². The molecule has 1 aromatic carbocycles. The van der Waals surface area contributed by atoms with Gasteiger partial charge in [0.05, 0.1) is 0 Å². The number of allylic oxidation sites excluding steroid dienone is 4. The number of nitrogens with one attached hydrogen (secondary N) is 1. The van der Waals surface area contributed by atoms with Crippen LogP contribution in [0.1, 0.15) is 44.7 Å². The number of carbonyl (C=O) groups excluding carboxylic acids is 1. The van der Waals surface area contributed by atoms with Crippen molar-refractivity contribution in [2.24, 2.45) is 5.10 Å². The van der Waals surface area contributed by atoms with Crippen molar-refractivity contribution in [3.05, 3.63) is 51.6 Å². The van der Waals surface area contributed by atoms with Crippen LogP contribution in [0.15, 0.2) is 40.5 Å². The molecular weight excluding hydrogens is 336 g/mol. The topological polar surface area (TPSA) is 50.7 Å². The fourth-order valence-electron chi connectivity index (χ4n) is 2.12. The van der Waals surface area contributed by atoms with E-state index in [1.807, 2.05) is 39.0 Å². The molecule has 5 heteroatoms. The molecule has 0 aromatic heterocycles. The molecule has 0 atom stereocenters. The van der Waals surface area contributed by atoms with Gasteiger partial charge in [0.1, 0.15) is 5.75 Å². The fraction of sp³-hybridized carbons (Fsp3) is 0.400. The van der Waals surface area contributed by atoms with E-state index in [2.05, 4.69) is 30.5 Å². The molecule has 1 amide bonds. The number of hydrogen-bond acceptors (Lipinski definition) is 3. The SMILES string of the molecule is CC(C)=CCC/C(C)=C/C=N/NC(=O)COc1cc(C)c(Cl)c(C)c1. The van der Waals surface area contributed by atoms with Crippen LogP contribution < -0.4 is 10.2 Å². The Morgan fingerprint density at radius 1 is 1.24 bits per heavy atom. The van der Waals surface area contributed by atoms with Crippen LogP contribution in [0, 0.1) is 13.8 Å². The highest BCUT2D eigenvalue weighted by Crippen LogP contribution is 2.25. The average Bonchev–Trinajstić information content (AvgIpc) is 2.54. The molecule has 1 aromatic rings. The number of aryl methyl sites for hydroxylation is 2. The Balaban J connectivity index is 2.38. The van der Waals surface area contributed by atoms with Gasteiger partial charge in [-0.15, -0.1) is 0 Å². The van der Waals surface area contributed by atoms with E-state index in [9.17, 15) is 4.79 Å². The number of amides is 1. The Hall–Kier alpha value is -2.07. The second-order valence-corrected chi connectivity index (χ2v) is 6.68. The van der Waals surface area contributed by atoms with Crippen molar-refractivity contribution in [3.8, 4) is 5.75 Å².